The minimum Gasteiger partial charge on any atom is -0.370 e. The summed E-state index contributed by atoms with van der Waals surface area (Å²) in [6.07, 6.45) is -1.13. The minimum atomic E-state index is -2.35. The van der Waals surface area contributed by atoms with E-state index < -0.39 is 11.3 Å². The molecule has 8 heteroatoms. The Balaban J connectivity index is 2.01. The van der Waals surface area contributed by atoms with Gasteiger partial charge in [-0.15, -0.1) is 0 Å². The predicted molar refractivity (Wildman–Crippen MR) is 79.7 cm³/mol. The van der Waals surface area contributed by atoms with E-state index in [4.69, 9.17) is 0 Å². The predicted octanol–water partition coefficient (Wildman–Crippen LogP) is 3.80. The Bertz CT molecular complexity index is 635. The van der Waals surface area contributed by atoms with Crippen LogP contribution in [-0.2, 0) is 0 Å². The molecule has 1 aromatic heterocycles. The normalized spacial score (nSPS) is 10.5. The molecule has 0 amide bonds. The van der Waals surface area contributed by atoms with E-state index in [-0.39, 0.29) is 18.7 Å². The van der Waals surface area contributed by atoms with Gasteiger partial charge in [0.2, 0.25) is 6.43 Å². The molecule has 2 rings (SSSR count). The number of anilines is 3. The third-order valence-electron chi connectivity index (χ3n) is 2.81. The molecule has 1 heterocycles. The lowest BCUT2D eigenvalue weighted by molar-refractivity contribution is -0.383. The fourth-order valence-corrected chi connectivity index (χ4v) is 1.78. The van der Waals surface area contributed by atoms with Gasteiger partial charge in [0.1, 0.15) is 11.5 Å². The number of hydrogen-bond acceptors (Lipinski definition) is 5. The molecule has 0 aliphatic rings. The number of nitro groups is 1. The summed E-state index contributed by atoms with van der Waals surface area (Å²) in [6.45, 7) is 0.127. The summed E-state index contributed by atoms with van der Waals surface area (Å²) in [5, 5.41) is 16.6. The molecule has 0 aliphatic heterocycles. The van der Waals surface area contributed by atoms with Gasteiger partial charge < -0.3 is 10.6 Å². The number of alkyl halides is 2. The molecule has 0 fully saturated rings. The zero-order valence-electron chi connectivity index (χ0n) is 11.5. The van der Waals surface area contributed by atoms with Crippen molar-refractivity contribution in [3.63, 3.8) is 0 Å². The van der Waals surface area contributed by atoms with E-state index in [2.05, 4.69) is 15.6 Å². The van der Waals surface area contributed by atoms with Gasteiger partial charge in [-0.25, -0.2) is 13.8 Å². The van der Waals surface area contributed by atoms with Crippen LogP contribution in [0.2, 0.25) is 0 Å². The van der Waals surface area contributed by atoms with Crippen molar-refractivity contribution in [1.82, 2.24) is 4.98 Å². The van der Waals surface area contributed by atoms with E-state index in [9.17, 15) is 18.9 Å². The van der Waals surface area contributed by atoms with E-state index in [0.29, 0.717) is 17.2 Å². The Morgan fingerprint density at radius 2 is 2.00 bits per heavy atom. The molecule has 0 radical (unpaired) electrons. The number of nitrogens with one attached hydrogen (secondary N) is 2. The molecule has 0 aliphatic carbocycles. The Morgan fingerprint density at radius 1 is 1.23 bits per heavy atom. The van der Waals surface area contributed by atoms with Crippen LogP contribution >= 0.6 is 0 Å². The van der Waals surface area contributed by atoms with E-state index in [1.165, 1.54) is 12.3 Å². The second-order valence-corrected chi connectivity index (χ2v) is 4.44. The van der Waals surface area contributed by atoms with Crippen LogP contribution in [0.5, 0.6) is 0 Å². The third kappa shape index (κ3) is 4.37. The zero-order chi connectivity index (χ0) is 15.9. The number of para-hydroxylation sites is 2. The van der Waals surface area contributed by atoms with E-state index in [0.717, 1.165) is 0 Å². The molecular formula is C14H14F2N4O2. The number of aromatic nitrogens is 1. The van der Waals surface area contributed by atoms with Gasteiger partial charge in [0.15, 0.2) is 0 Å². The fourth-order valence-electron chi connectivity index (χ4n) is 1.78. The van der Waals surface area contributed by atoms with Crippen LogP contribution in [0, 0.1) is 10.1 Å². The molecular weight excluding hydrogens is 294 g/mol. The van der Waals surface area contributed by atoms with Gasteiger partial charge in [0.25, 0.3) is 5.69 Å². The number of halogens is 2. The van der Waals surface area contributed by atoms with Crippen LogP contribution in [0.1, 0.15) is 6.42 Å². The molecule has 2 N–H and O–H groups in total. The molecule has 0 bridgehead atoms. The number of hydrogen-bond donors (Lipinski definition) is 2. The highest BCUT2D eigenvalue weighted by atomic mass is 19.3. The Labute approximate surface area is 125 Å². The maximum atomic E-state index is 12.0. The largest absolute Gasteiger partial charge is 0.370 e. The van der Waals surface area contributed by atoms with Crippen molar-refractivity contribution in [1.29, 1.82) is 0 Å². The van der Waals surface area contributed by atoms with Crippen molar-refractivity contribution in [2.24, 2.45) is 0 Å². The van der Waals surface area contributed by atoms with Crippen LogP contribution in [0.15, 0.2) is 42.6 Å². The monoisotopic (exact) mass is 308 g/mol. The molecule has 0 atom stereocenters. The first-order valence-corrected chi connectivity index (χ1v) is 6.55. The summed E-state index contributed by atoms with van der Waals surface area (Å²) in [7, 11) is 0. The van der Waals surface area contributed by atoms with Crippen molar-refractivity contribution in [2.45, 2.75) is 12.8 Å². The van der Waals surface area contributed by atoms with E-state index in [1.54, 1.807) is 30.3 Å². The molecule has 6 nitrogen and oxygen atoms in total. The maximum absolute atomic E-state index is 12.0. The van der Waals surface area contributed by atoms with E-state index in [1.807, 2.05) is 0 Å². The lowest BCUT2D eigenvalue weighted by atomic mass is 10.2. The van der Waals surface area contributed by atoms with Crippen molar-refractivity contribution in [3.8, 4) is 0 Å². The highest BCUT2D eigenvalue weighted by molar-refractivity contribution is 5.69. The fraction of sp³-hybridized carbons (Fsp3) is 0.214. The van der Waals surface area contributed by atoms with Crippen LogP contribution in [0.25, 0.3) is 0 Å². The third-order valence-corrected chi connectivity index (χ3v) is 2.81. The standard InChI is InChI=1S/C14H14F2N4O2/c15-13(16)7-8-17-14-6-5-10(9-18-14)19-11-3-1-2-4-12(11)20(21)22/h1-6,9,13,19H,7-8H2,(H,17,18). The first kappa shape index (κ1) is 15.6. The molecule has 0 saturated carbocycles. The summed E-state index contributed by atoms with van der Waals surface area (Å²) in [5.41, 5.74) is 0.878. The van der Waals surface area contributed by atoms with Crippen LogP contribution < -0.4 is 10.6 Å². The Hall–Kier alpha value is -2.77. The number of pyridine rings is 1. The number of nitro benzene ring substituents is 1. The first-order chi connectivity index (χ1) is 10.6. The lowest BCUT2D eigenvalue weighted by Crippen LogP contribution is -2.07. The van der Waals surface area contributed by atoms with Gasteiger partial charge in [0, 0.05) is 19.0 Å². The highest BCUT2D eigenvalue weighted by Gasteiger charge is 2.12. The minimum absolute atomic E-state index is 0.0402. The van der Waals surface area contributed by atoms with Crippen molar-refractivity contribution >= 4 is 22.9 Å². The molecule has 0 saturated heterocycles. The van der Waals surface area contributed by atoms with Gasteiger partial charge >= 0.3 is 0 Å². The summed E-state index contributed by atoms with van der Waals surface area (Å²) in [4.78, 5) is 14.5. The number of benzene rings is 1. The molecule has 22 heavy (non-hydrogen) atoms. The smallest absolute Gasteiger partial charge is 0.292 e. The summed E-state index contributed by atoms with van der Waals surface area (Å²) >= 11 is 0. The van der Waals surface area contributed by atoms with Gasteiger partial charge in [-0.1, -0.05) is 12.1 Å². The van der Waals surface area contributed by atoms with Crippen LogP contribution in [-0.4, -0.2) is 22.9 Å². The average Bonchev–Trinajstić information content (AvgIpc) is 2.49. The van der Waals surface area contributed by atoms with Crippen molar-refractivity contribution < 1.29 is 13.7 Å². The quantitative estimate of drug-likeness (QED) is 0.600. The highest BCUT2D eigenvalue weighted by Crippen LogP contribution is 2.26. The average molecular weight is 308 g/mol. The van der Waals surface area contributed by atoms with Gasteiger partial charge in [-0.2, -0.15) is 0 Å². The van der Waals surface area contributed by atoms with Crippen LogP contribution in [0.3, 0.4) is 0 Å². The summed E-state index contributed by atoms with van der Waals surface area (Å²) in [6, 6.07) is 9.53. The zero-order valence-corrected chi connectivity index (χ0v) is 11.5. The van der Waals surface area contributed by atoms with Crippen molar-refractivity contribution in [2.75, 3.05) is 17.2 Å². The Kier molecular flexibility index (Phi) is 5.18. The van der Waals surface area contributed by atoms with Crippen LogP contribution in [0.4, 0.5) is 31.7 Å². The number of rotatable bonds is 7. The topological polar surface area (TPSA) is 80.1 Å². The van der Waals surface area contributed by atoms with Gasteiger partial charge in [0.05, 0.1) is 16.8 Å². The summed E-state index contributed by atoms with van der Waals surface area (Å²) < 4.78 is 24.0. The molecule has 2 aromatic rings. The second-order valence-electron chi connectivity index (χ2n) is 4.44. The molecule has 0 unspecified atom stereocenters. The number of nitrogens with zero attached hydrogens (tertiary/aromatic N) is 2. The molecule has 0 spiro atoms. The Morgan fingerprint density at radius 3 is 2.64 bits per heavy atom. The lowest BCUT2D eigenvalue weighted by Gasteiger charge is -2.08. The first-order valence-electron chi connectivity index (χ1n) is 6.55. The molecule has 116 valence electrons. The van der Waals surface area contributed by atoms with Crippen molar-refractivity contribution in [3.05, 3.63) is 52.7 Å². The SMILES string of the molecule is O=[N+]([O-])c1ccccc1Nc1ccc(NCCC(F)F)nc1. The molecule has 1 aromatic carbocycles. The summed E-state index contributed by atoms with van der Waals surface area (Å²) in [5.74, 6) is 0.466. The maximum Gasteiger partial charge on any atom is 0.292 e. The van der Waals surface area contributed by atoms with E-state index >= 15 is 0 Å². The van der Waals surface area contributed by atoms with Gasteiger partial charge in [-0.3, -0.25) is 10.1 Å². The van der Waals surface area contributed by atoms with Gasteiger partial charge in [-0.05, 0) is 18.2 Å². The second kappa shape index (κ2) is 7.30.